The lowest BCUT2D eigenvalue weighted by atomic mass is 10.4. The molecule has 2 rings (SSSR count). The number of thioether (sulfide) groups is 1. The minimum absolute atomic E-state index is 0.424. The van der Waals surface area contributed by atoms with Gasteiger partial charge < -0.3 is 14.9 Å². The second kappa shape index (κ2) is 7.21. The van der Waals surface area contributed by atoms with Gasteiger partial charge in [0.1, 0.15) is 6.04 Å². The molecular weight excluding hydrogens is 366 g/mol. The van der Waals surface area contributed by atoms with Gasteiger partial charge in [-0.1, -0.05) is 0 Å². The smallest absolute Gasteiger partial charge is 0.323 e. The van der Waals surface area contributed by atoms with Crippen molar-refractivity contribution in [3.63, 3.8) is 0 Å². The Labute approximate surface area is 132 Å². The van der Waals surface area contributed by atoms with Crippen LogP contribution < -0.4 is 5.73 Å². The van der Waals surface area contributed by atoms with Crippen LogP contribution in [0.1, 0.15) is 5.89 Å². The van der Waals surface area contributed by atoms with Crippen LogP contribution >= 0.6 is 39.0 Å². The zero-order chi connectivity index (χ0) is 14.5. The minimum atomic E-state index is -0.638. The Balaban J connectivity index is 1.86. The zero-order valence-corrected chi connectivity index (χ0v) is 13.8. The average Bonchev–Trinajstić information content (AvgIpc) is 3.06. The Morgan fingerprint density at radius 1 is 1.60 bits per heavy atom. The van der Waals surface area contributed by atoms with Crippen molar-refractivity contribution in [3.05, 3.63) is 21.8 Å². The molecule has 0 saturated heterocycles. The third-order valence-corrected chi connectivity index (χ3v) is 4.94. The molecule has 1 atom stereocenters. The summed E-state index contributed by atoms with van der Waals surface area (Å²) in [6.07, 6.45) is 0. The van der Waals surface area contributed by atoms with E-state index in [2.05, 4.69) is 30.9 Å². The molecule has 108 valence electrons. The van der Waals surface area contributed by atoms with Crippen molar-refractivity contribution in [3.8, 4) is 10.8 Å². The molecule has 0 aromatic carbocycles. The molecule has 0 fully saturated rings. The number of nitrogens with zero attached hydrogens (tertiary/aromatic N) is 2. The van der Waals surface area contributed by atoms with E-state index in [4.69, 9.17) is 10.2 Å². The first-order valence-corrected chi connectivity index (χ1v) is 8.36. The summed E-state index contributed by atoms with van der Waals surface area (Å²) >= 11 is 6.35. The van der Waals surface area contributed by atoms with Crippen LogP contribution in [0.2, 0.25) is 0 Å². The number of hydrogen-bond donors (Lipinski definition) is 1. The number of aromatic nitrogens is 2. The molecule has 0 aliphatic heterocycles. The molecule has 0 amide bonds. The van der Waals surface area contributed by atoms with Crippen LogP contribution in [0.25, 0.3) is 10.8 Å². The lowest BCUT2D eigenvalue weighted by Crippen LogP contribution is -2.33. The minimum Gasteiger partial charge on any atom is -0.468 e. The van der Waals surface area contributed by atoms with E-state index in [1.54, 1.807) is 0 Å². The molecule has 6 nitrogen and oxygen atoms in total. The van der Waals surface area contributed by atoms with Gasteiger partial charge in [0.25, 0.3) is 5.89 Å². The maximum Gasteiger partial charge on any atom is 0.323 e. The highest BCUT2D eigenvalue weighted by molar-refractivity contribution is 9.11. The molecule has 0 bridgehead atoms. The van der Waals surface area contributed by atoms with Gasteiger partial charge in [-0.05, 0) is 28.1 Å². The normalized spacial score (nSPS) is 12.3. The predicted octanol–water partition coefficient (Wildman–Crippen LogP) is 2.29. The third kappa shape index (κ3) is 4.05. The molecule has 0 aliphatic rings. The number of methoxy groups -OCH3 is 1. The van der Waals surface area contributed by atoms with Gasteiger partial charge in [0.15, 0.2) is 0 Å². The van der Waals surface area contributed by atoms with Crippen molar-refractivity contribution >= 4 is 45.0 Å². The van der Waals surface area contributed by atoms with Crippen LogP contribution in [0.3, 0.4) is 0 Å². The number of thiophene rings is 1. The summed E-state index contributed by atoms with van der Waals surface area (Å²) in [4.78, 5) is 12.0. The quantitative estimate of drug-likeness (QED) is 0.771. The SMILES string of the molecule is COC(=O)C(N)CSCc1nnc(-c2ccc(Br)s2)o1. The third-order valence-electron chi connectivity index (χ3n) is 2.28. The van der Waals surface area contributed by atoms with E-state index in [-0.39, 0.29) is 0 Å². The van der Waals surface area contributed by atoms with Crippen molar-refractivity contribution in [2.75, 3.05) is 12.9 Å². The van der Waals surface area contributed by atoms with Crippen LogP contribution in [0.15, 0.2) is 20.3 Å². The molecular formula is C11H12BrN3O3S2. The molecule has 0 aliphatic carbocycles. The summed E-state index contributed by atoms with van der Waals surface area (Å²) in [5, 5.41) is 7.95. The van der Waals surface area contributed by atoms with Crippen molar-refractivity contribution in [1.29, 1.82) is 0 Å². The van der Waals surface area contributed by atoms with E-state index in [1.807, 2.05) is 12.1 Å². The summed E-state index contributed by atoms with van der Waals surface area (Å²) in [5.41, 5.74) is 5.63. The van der Waals surface area contributed by atoms with Crippen molar-refractivity contribution in [2.24, 2.45) is 5.73 Å². The van der Waals surface area contributed by atoms with Gasteiger partial charge in [0.2, 0.25) is 5.89 Å². The summed E-state index contributed by atoms with van der Waals surface area (Å²) < 4.78 is 11.1. The fourth-order valence-corrected chi connectivity index (χ4v) is 3.44. The fraction of sp³-hybridized carbons (Fsp3) is 0.364. The Hall–Kier alpha value is -0.900. The van der Waals surface area contributed by atoms with E-state index in [9.17, 15) is 4.79 Å². The van der Waals surface area contributed by atoms with Gasteiger partial charge in [-0.3, -0.25) is 4.79 Å². The van der Waals surface area contributed by atoms with Gasteiger partial charge in [-0.25, -0.2) is 0 Å². The van der Waals surface area contributed by atoms with E-state index >= 15 is 0 Å². The topological polar surface area (TPSA) is 91.2 Å². The summed E-state index contributed by atoms with van der Waals surface area (Å²) in [7, 11) is 1.32. The number of hydrogen-bond acceptors (Lipinski definition) is 8. The van der Waals surface area contributed by atoms with E-state index < -0.39 is 12.0 Å². The van der Waals surface area contributed by atoms with Gasteiger partial charge in [0.05, 0.1) is 21.5 Å². The van der Waals surface area contributed by atoms with Crippen LogP contribution in [0.5, 0.6) is 0 Å². The summed E-state index contributed by atoms with van der Waals surface area (Å²) in [6, 6.07) is 3.20. The Morgan fingerprint density at radius 2 is 2.40 bits per heavy atom. The second-order valence-corrected chi connectivity index (χ2v) is 7.24. The first-order valence-electron chi connectivity index (χ1n) is 5.59. The Kier molecular flexibility index (Phi) is 5.58. The first kappa shape index (κ1) is 15.5. The van der Waals surface area contributed by atoms with Gasteiger partial charge in [-0.15, -0.1) is 33.3 Å². The molecule has 0 spiro atoms. The van der Waals surface area contributed by atoms with Gasteiger partial charge in [0, 0.05) is 5.75 Å². The van der Waals surface area contributed by atoms with Crippen LogP contribution in [-0.4, -0.2) is 35.1 Å². The molecule has 9 heteroatoms. The maximum atomic E-state index is 11.1. The standard InChI is InChI=1S/C11H12BrN3O3S2/c1-17-11(16)6(13)4-19-5-9-14-15-10(18-9)7-2-3-8(12)20-7/h2-3,6H,4-5,13H2,1H3. The highest BCUT2D eigenvalue weighted by Crippen LogP contribution is 2.30. The number of carbonyl (C=O) groups is 1. The number of nitrogens with two attached hydrogens (primary N) is 1. The first-order chi connectivity index (χ1) is 9.60. The molecule has 0 saturated carbocycles. The highest BCUT2D eigenvalue weighted by Gasteiger charge is 2.15. The van der Waals surface area contributed by atoms with Gasteiger partial charge >= 0.3 is 5.97 Å². The van der Waals surface area contributed by atoms with E-state index in [0.717, 1.165) is 8.66 Å². The van der Waals surface area contributed by atoms with Crippen molar-refractivity contribution in [2.45, 2.75) is 11.8 Å². The van der Waals surface area contributed by atoms with Crippen molar-refractivity contribution in [1.82, 2.24) is 10.2 Å². The Bertz CT molecular complexity index is 587. The number of halogens is 1. The molecule has 2 heterocycles. The lowest BCUT2D eigenvalue weighted by molar-refractivity contribution is -0.141. The number of ether oxygens (including phenoxy) is 1. The lowest BCUT2D eigenvalue weighted by Gasteiger charge is -2.06. The fourth-order valence-electron chi connectivity index (χ4n) is 1.33. The van der Waals surface area contributed by atoms with Crippen LogP contribution in [0.4, 0.5) is 0 Å². The number of rotatable bonds is 6. The number of carbonyl (C=O) groups excluding carboxylic acids is 1. The van der Waals surface area contributed by atoms with E-state index in [0.29, 0.717) is 23.3 Å². The highest BCUT2D eigenvalue weighted by atomic mass is 79.9. The predicted molar refractivity (Wildman–Crippen MR) is 81.5 cm³/mol. The molecule has 2 aromatic rings. The van der Waals surface area contributed by atoms with E-state index in [1.165, 1.54) is 30.2 Å². The van der Waals surface area contributed by atoms with Crippen molar-refractivity contribution < 1.29 is 13.9 Å². The molecule has 2 aromatic heterocycles. The summed E-state index contributed by atoms with van der Waals surface area (Å²) in [5.74, 6) is 1.52. The average molecular weight is 378 g/mol. The van der Waals surface area contributed by atoms with Crippen LogP contribution in [0, 0.1) is 0 Å². The summed E-state index contributed by atoms with van der Waals surface area (Å²) in [6.45, 7) is 0. The van der Waals surface area contributed by atoms with Crippen LogP contribution in [-0.2, 0) is 15.3 Å². The maximum absolute atomic E-state index is 11.1. The second-order valence-electron chi connectivity index (χ2n) is 3.75. The number of esters is 1. The largest absolute Gasteiger partial charge is 0.468 e. The monoisotopic (exact) mass is 377 g/mol. The molecule has 2 N–H and O–H groups in total. The molecule has 20 heavy (non-hydrogen) atoms. The zero-order valence-electron chi connectivity index (χ0n) is 10.5. The molecule has 1 unspecified atom stereocenters. The van der Waals surface area contributed by atoms with Gasteiger partial charge in [-0.2, -0.15) is 0 Å². The Morgan fingerprint density at radius 3 is 3.05 bits per heavy atom. The molecule has 0 radical (unpaired) electrons.